The zero-order valence-electron chi connectivity index (χ0n) is 11.8. The molecule has 6 atom stereocenters. The highest BCUT2D eigenvalue weighted by Gasteiger charge is 2.60. The van der Waals surface area contributed by atoms with Crippen LogP contribution in [-0.4, -0.2) is 51.8 Å². The SMILES string of the molecule is OC1CN2[C@@H](O)c3cc4c(cc3[C@]13C=C[C@H](O)C[C@@H]23)OCO4. The van der Waals surface area contributed by atoms with E-state index in [1.165, 1.54) is 0 Å². The summed E-state index contributed by atoms with van der Waals surface area (Å²) >= 11 is 0. The third-order valence-corrected chi connectivity index (χ3v) is 5.55. The van der Waals surface area contributed by atoms with Crippen LogP contribution in [0.3, 0.4) is 0 Å². The molecule has 0 spiro atoms. The molecule has 3 N–H and O–H groups in total. The number of aliphatic hydroxyl groups excluding tert-OH is 3. The van der Waals surface area contributed by atoms with Crippen molar-refractivity contribution < 1.29 is 24.8 Å². The zero-order valence-corrected chi connectivity index (χ0v) is 11.8. The fourth-order valence-corrected chi connectivity index (χ4v) is 4.55. The molecule has 6 nitrogen and oxygen atoms in total. The molecular weight excluding hydrogens is 286 g/mol. The minimum absolute atomic E-state index is 0.120. The Morgan fingerprint density at radius 3 is 2.73 bits per heavy atom. The number of hydrogen-bond acceptors (Lipinski definition) is 6. The largest absolute Gasteiger partial charge is 0.454 e. The van der Waals surface area contributed by atoms with Crippen molar-refractivity contribution in [1.29, 1.82) is 0 Å². The van der Waals surface area contributed by atoms with Crippen LogP contribution in [-0.2, 0) is 5.41 Å². The van der Waals surface area contributed by atoms with Crippen LogP contribution < -0.4 is 9.47 Å². The van der Waals surface area contributed by atoms with E-state index in [1.54, 1.807) is 6.08 Å². The summed E-state index contributed by atoms with van der Waals surface area (Å²) in [5, 5.41) is 31.4. The highest BCUT2D eigenvalue weighted by atomic mass is 16.7. The zero-order chi connectivity index (χ0) is 15.1. The summed E-state index contributed by atoms with van der Waals surface area (Å²) < 4.78 is 10.9. The molecule has 1 aromatic carbocycles. The number of nitrogens with zero attached hydrogens (tertiary/aromatic N) is 1. The molecule has 0 aromatic heterocycles. The Morgan fingerprint density at radius 2 is 1.91 bits per heavy atom. The fourth-order valence-electron chi connectivity index (χ4n) is 4.55. The van der Waals surface area contributed by atoms with Gasteiger partial charge >= 0.3 is 0 Å². The summed E-state index contributed by atoms with van der Waals surface area (Å²) in [6.45, 7) is 0.551. The molecule has 3 heterocycles. The Labute approximate surface area is 127 Å². The lowest BCUT2D eigenvalue weighted by atomic mass is 9.65. The Bertz CT molecular complexity index is 689. The van der Waals surface area contributed by atoms with E-state index in [-0.39, 0.29) is 12.8 Å². The summed E-state index contributed by atoms with van der Waals surface area (Å²) in [5.41, 5.74) is 1.02. The monoisotopic (exact) mass is 303 g/mol. The standard InChI is InChI=1S/C16H17NO5/c18-8-1-2-16-10-5-12-11(21-7-22-12)4-9(10)15(20)17(6-14(16)19)13(16)3-8/h1-2,4-5,8,13-15,18-20H,3,6-7H2/t8-,13+,14?,15-,16-/m0/s1. The van der Waals surface area contributed by atoms with Gasteiger partial charge in [0.15, 0.2) is 11.5 Å². The third kappa shape index (κ3) is 1.34. The molecule has 1 fully saturated rings. The van der Waals surface area contributed by atoms with Crippen molar-refractivity contribution >= 4 is 0 Å². The van der Waals surface area contributed by atoms with Crippen molar-refractivity contribution in [2.45, 2.75) is 36.3 Å². The maximum Gasteiger partial charge on any atom is 0.231 e. The molecule has 1 saturated heterocycles. The molecule has 3 aliphatic heterocycles. The molecule has 0 radical (unpaired) electrons. The molecule has 4 aliphatic rings. The number of ether oxygens (including phenoxy) is 2. The van der Waals surface area contributed by atoms with Crippen LogP contribution in [0.25, 0.3) is 0 Å². The second kappa shape index (κ2) is 4.02. The van der Waals surface area contributed by atoms with Gasteiger partial charge in [0.05, 0.1) is 17.6 Å². The first-order chi connectivity index (χ1) is 10.6. The van der Waals surface area contributed by atoms with Crippen LogP contribution >= 0.6 is 0 Å². The molecule has 0 amide bonds. The van der Waals surface area contributed by atoms with Gasteiger partial charge in [-0.2, -0.15) is 0 Å². The van der Waals surface area contributed by atoms with E-state index < -0.39 is 23.9 Å². The second-order valence-electron chi connectivity index (χ2n) is 6.49. The smallest absolute Gasteiger partial charge is 0.231 e. The van der Waals surface area contributed by atoms with Gasteiger partial charge in [-0.25, -0.2) is 0 Å². The second-order valence-corrected chi connectivity index (χ2v) is 6.49. The molecule has 0 saturated carbocycles. The van der Waals surface area contributed by atoms with Gasteiger partial charge in [0.2, 0.25) is 6.79 Å². The van der Waals surface area contributed by atoms with Crippen LogP contribution in [0.15, 0.2) is 24.3 Å². The Kier molecular flexibility index (Phi) is 2.36. The van der Waals surface area contributed by atoms with Crippen molar-refractivity contribution in [3.8, 4) is 11.5 Å². The van der Waals surface area contributed by atoms with E-state index in [0.29, 0.717) is 24.5 Å². The van der Waals surface area contributed by atoms with Crippen LogP contribution in [0.5, 0.6) is 11.5 Å². The lowest BCUT2D eigenvalue weighted by Gasteiger charge is -2.47. The average molecular weight is 303 g/mol. The Balaban J connectivity index is 1.79. The minimum atomic E-state index is -0.807. The molecular formula is C16H17NO5. The average Bonchev–Trinajstić information content (AvgIpc) is 3.05. The molecule has 2 bridgehead atoms. The number of rotatable bonds is 0. The van der Waals surface area contributed by atoms with E-state index in [9.17, 15) is 15.3 Å². The lowest BCUT2D eigenvalue weighted by molar-refractivity contribution is -0.0364. The first-order valence-electron chi connectivity index (χ1n) is 7.54. The number of aliphatic hydroxyl groups is 3. The molecule has 116 valence electrons. The van der Waals surface area contributed by atoms with Gasteiger partial charge in [0.1, 0.15) is 6.23 Å². The van der Waals surface area contributed by atoms with Crippen molar-refractivity contribution in [3.63, 3.8) is 0 Å². The highest BCUT2D eigenvalue weighted by Crippen LogP contribution is 2.56. The van der Waals surface area contributed by atoms with Gasteiger partial charge in [0.25, 0.3) is 0 Å². The van der Waals surface area contributed by atoms with Crippen molar-refractivity contribution in [3.05, 3.63) is 35.4 Å². The Hall–Kier alpha value is -1.60. The molecule has 1 aromatic rings. The molecule has 5 rings (SSSR count). The van der Waals surface area contributed by atoms with E-state index in [4.69, 9.17) is 9.47 Å². The van der Waals surface area contributed by atoms with Gasteiger partial charge < -0.3 is 24.8 Å². The van der Waals surface area contributed by atoms with Crippen molar-refractivity contribution in [1.82, 2.24) is 4.90 Å². The predicted molar refractivity (Wildman–Crippen MR) is 75.5 cm³/mol. The quantitative estimate of drug-likeness (QED) is 0.586. The van der Waals surface area contributed by atoms with E-state index in [0.717, 1.165) is 11.1 Å². The molecule has 2 unspecified atom stereocenters. The maximum atomic E-state index is 10.7. The Morgan fingerprint density at radius 1 is 1.14 bits per heavy atom. The van der Waals surface area contributed by atoms with Crippen LogP contribution in [0.2, 0.25) is 0 Å². The summed E-state index contributed by atoms with van der Waals surface area (Å²) in [5.74, 6) is 1.27. The minimum Gasteiger partial charge on any atom is -0.454 e. The first-order valence-corrected chi connectivity index (χ1v) is 7.54. The van der Waals surface area contributed by atoms with Gasteiger partial charge in [-0.15, -0.1) is 0 Å². The lowest BCUT2D eigenvalue weighted by Crippen LogP contribution is -2.53. The fraction of sp³-hybridized carbons (Fsp3) is 0.500. The normalized spacial score (nSPS) is 43.9. The summed E-state index contributed by atoms with van der Waals surface area (Å²) in [6, 6.07) is 3.57. The van der Waals surface area contributed by atoms with E-state index in [1.807, 2.05) is 23.1 Å². The molecule has 6 heteroatoms. The summed E-state index contributed by atoms with van der Waals surface area (Å²) in [7, 11) is 0. The van der Waals surface area contributed by atoms with Gasteiger partial charge in [-0.1, -0.05) is 12.2 Å². The summed E-state index contributed by atoms with van der Waals surface area (Å²) in [4.78, 5) is 1.88. The predicted octanol–water partition coefficient (Wildman–Crippen LogP) is 0.0235. The van der Waals surface area contributed by atoms with Gasteiger partial charge in [-0.3, -0.25) is 4.90 Å². The third-order valence-electron chi connectivity index (χ3n) is 5.55. The van der Waals surface area contributed by atoms with Crippen molar-refractivity contribution in [2.75, 3.05) is 13.3 Å². The number of hydrogen-bond donors (Lipinski definition) is 3. The van der Waals surface area contributed by atoms with Crippen LogP contribution in [0, 0.1) is 0 Å². The highest BCUT2D eigenvalue weighted by molar-refractivity contribution is 5.57. The first kappa shape index (κ1) is 12.9. The number of fused-ring (bicyclic) bond motifs is 2. The van der Waals surface area contributed by atoms with Crippen LogP contribution in [0.4, 0.5) is 0 Å². The molecule has 1 aliphatic carbocycles. The van der Waals surface area contributed by atoms with E-state index in [2.05, 4.69) is 0 Å². The van der Waals surface area contributed by atoms with Crippen LogP contribution in [0.1, 0.15) is 23.8 Å². The van der Waals surface area contributed by atoms with Crippen molar-refractivity contribution in [2.24, 2.45) is 0 Å². The number of benzene rings is 1. The summed E-state index contributed by atoms with van der Waals surface area (Å²) in [6.07, 6.45) is 2.17. The van der Waals surface area contributed by atoms with Gasteiger partial charge in [0, 0.05) is 18.2 Å². The van der Waals surface area contributed by atoms with Gasteiger partial charge in [-0.05, 0) is 24.1 Å². The maximum absolute atomic E-state index is 10.7. The topological polar surface area (TPSA) is 82.4 Å². The van der Waals surface area contributed by atoms with E-state index >= 15 is 0 Å². The molecule has 22 heavy (non-hydrogen) atoms.